The first-order chi connectivity index (χ1) is 8.16. The first kappa shape index (κ1) is 12.0. The van der Waals surface area contributed by atoms with Gasteiger partial charge in [0.1, 0.15) is 11.6 Å². The summed E-state index contributed by atoms with van der Waals surface area (Å²) in [7, 11) is 0. The van der Waals surface area contributed by atoms with Gasteiger partial charge in [-0.15, -0.1) is 0 Å². The van der Waals surface area contributed by atoms with Crippen molar-refractivity contribution in [1.82, 2.24) is 0 Å². The molecule has 1 aliphatic rings. The standard InChI is InChI=1S/C13H16F2N2/c14-11-5-3-6-12(15)10(11)8-9-4-1-2-7-13(16)17-9/h3,5-6,9H,1-2,4,7-8H2,(H2,16,17). The molecule has 1 heterocycles. The molecule has 0 radical (unpaired) electrons. The van der Waals surface area contributed by atoms with Crippen LogP contribution in [0.25, 0.3) is 0 Å². The molecule has 0 spiro atoms. The third-order valence-electron chi connectivity index (χ3n) is 3.07. The molecule has 92 valence electrons. The highest BCUT2D eigenvalue weighted by Crippen LogP contribution is 2.20. The van der Waals surface area contributed by atoms with Crippen LogP contribution in [0.15, 0.2) is 23.2 Å². The molecule has 1 aliphatic heterocycles. The summed E-state index contributed by atoms with van der Waals surface area (Å²) in [4.78, 5) is 4.31. The van der Waals surface area contributed by atoms with E-state index in [2.05, 4.69) is 4.99 Å². The molecule has 0 amide bonds. The molecule has 1 unspecified atom stereocenters. The fourth-order valence-corrected chi connectivity index (χ4v) is 2.16. The van der Waals surface area contributed by atoms with Crippen molar-refractivity contribution >= 4 is 5.84 Å². The Bertz CT molecular complexity index is 409. The Labute approximate surface area is 99.5 Å². The second-order valence-corrected chi connectivity index (χ2v) is 4.42. The predicted octanol–water partition coefficient (Wildman–Crippen LogP) is 2.81. The van der Waals surface area contributed by atoms with E-state index < -0.39 is 11.6 Å². The summed E-state index contributed by atoms with van der Waals surface area (Å²) in [6.07, 6.45) is 3.93. The van der Waals surface area contributed by atoms with Crippen LogP contribution in [0.4, 0.5) is 8.78 Å². The highest BCUT2D eigenvalue weighted by Gasteiger charge is 2.17. The van der Waals surface area contributed by atoms with Crippen molar-refractivity contribution in [3.05, 3.63) is 35.4 Å². The molecule has 0 saturated carbocycles. The normalized spacial score (nSPS) is 20.8. The van der Waals surface area contributed by atoms with Crippen LogP contribution in [0.2, 0.25) is 0 Å². The monoisotopic (exact) mass is 238 g/mol. The number of halogens is 2. The summed E-state index contributed by atoms with van der Waals surface area (Å²) in [5.41, 5.74) is 5.84. The first-order valence-corrected chi connectivity index (χ1v) is 5.92. The highest BCUT2D eigenvalue weighted by molar-refractivity contribution is 5.80. The van der Waals surface area contributed by atoms with Gasteiger partial charge in [-0.05, 0) is 25.0 Å². The van der Waals surface area contributed by atoms with Gasteiger partial charge in [0.05, 0.1) is 11.9 Å². The molecule has 0 bridgehead atoms. The van der Waals surface area contributed by atoms with Crippen molar-refractivity contribution in [2.75, 3.05) is 0 Å². The Morgan fingerprint density at radius 2 is 1.94 bits per heavy atom. The molecule has 2 N–H and O–H groups in total. The summed E-state index contributed by atoms with van der Waals surface area (Å²) in [6.45, 7) is 0. The van der Waals surface area contributed by atoms with E-state index in [1.807, 2.05) is 0 Å². The lowest BCUT2D eigenvalue weighted by molar-refractivity contribution is 0.519. The maximum absolute atomic E-state index is 13.5. The molecule has 0 fully saturated rings. The zero-order valence-electron chi connectivity index (χ0n) is 9.63. The largest absolute Gasteiger partial charge is 0.387 e. The van der Waals surface area contributed by atoms with Crippen LogP contribution in [0.3, 0.4) is 0 Å². The smallest absolute Gasteiger partial charge is 0.129 e. The van der Waals surface area contributed by atoms with Gasteiger partial charge in [-0.2, -0.15) is 0 Å². The molecule has 2 rings (SSSR count). The molecule has 1 atom stereocenters. The summed E-state index contributed by atoms with van der Waals surface area (Å²) >= 11 is 0. The van der Waals surface area contributed by atoms with E-state index in [0.29, 0.717) is 12.3 Å². The van der Waals surface area contributed by atoms with Gasteiger partial charge in [0, 0.05) is 18.4 Å². The van der Waals surface area contributed by atoms with Crippen LogP contribution in [-0.4, -0.2) is 11.9 Å². The Morgan fingerprint density at radius 1 is 1.24 bits per heavy atom. The van der Waals surface area contributed by atoms with E-state index in [1.165, 1.54) is 18.2 Å². The lowest BCUT2D eigenvalue weighted by atomic mass is 10.0. The number of amidine groups is 1. The summed E-state index contributed by atoms with van der Waals surface area (Å²) in [6, 6.07) is 3.84. The van der Waals surface area contributed by atoms with Crippen LogP contribution in [0.5, 0.6) is 0 Å². The Hall–Kier alpha value is -1.45. The number of hydrogen-bond donors (Lipinski definition) is 1. The van der Waals surface area contributed by atoms with E-state index in [0.717, 1.165) is 25.7 Å². The summed E-state index contributed by atoms with van der Waals surface area (Å²) in [5, 5.41) is 0. The second kappa shape index (κ2) is 5.25. The lowest BCUT2D eigenvalue weighted by Crippen LogP contribution is -2.16. The average Bonchev–Trinajstić information content (AvgIpc) is 2.48. The number of benzene rings is 1. The number of nitrogens with zero attached hydrogens (tertiary/aromatic N) is 1. The zero-order valence-corrected chi connectivity index (χ0v) is 9.63. The SMILES string of the molecule is NC1=NC(Cc2c(F)cccc2F)CCCC1. The van der Waals surface area contributed by atoms with Gasteiger partial charge in [0.15, 0.2) is 0 Å². The molecule has 1 aromatic rings. The van der Waals surface area contributed by atoms with Crippen molar-refractivity contribution in [3.8, 4) is 0 Å². The second-order valence-electron chi connectivity index (χ2n) is 4.42. The number of aliphatic imine (C=N–C) groups is 1. The van der Waals surface area contributed by atoms with Crippen molar-refractivity contribution < 1.29 is 8.78 Å². The highest BCUT2D eigenvalue weighted by atomic mass is 19.1. The van der Waals surface area contributed by atoms with Crippen LogP contribution in [0.1, 0.15) is 31.2 Å². The van der Waals surface area contributed by atoms with Gasteiger partial charge in [0.2, 0.25) is 0 Å². The molecule has 0 aromatic heterocycles. The fraction of sp³-hybridized carbons (Fsp3) is 0.462. The molecule has 17 heavy (non-hydrogen) atoms. The maximum Gasteiger partial charge on any atom is 0.129 e. The fourth-order valence-electron chi connectivity index (χ4n) is 2.16. The third-order valence-corrected chi connectivity index (χ3v) is 3.07. The molecule has 4 heteroatoms. The minimum Gasteiger partial charge on any atom is -0.387 e. The minimum absolute atomic E-state index is 0.0936. The van der Waals surface area contributed by atoms with E-state index in [4.69, 9.17) is 5.73 Å². The topological polar surface area (TPSA) is 38.4 Å². The number of nitrogens with two attached hydrogens (primary N) is 1. The summed E-state index contributed by atoms with van der Waals surface area (Å²) in [5.74, 6) is -0.393. The molecule has 2 nitrogen and oxygen atoms in total. The van der Waals surface area contributed by atoms with Crippen LogP contribution in [-0.2, 0) is 6.42 Å². The van der Waals surface area contributed by atoms with Crippen LogP contribution < -0.4 is 5.73 Å². The van der Waals surface area contributed by atoms with Crippen molar-refractivity contribution in [2.45, 2.75) is 38.1 Å². The Kier molecular flexibility index (Phi) is 3.71. The minimum atomic E-state index is -0.497. The van der Waals surface area contributed by atoms with Gasteiger partial charge in [-0.1, -0.05) is 12.5 Å². The molecule has 0 aliphatic carbocycles. The van der Waals surface area contributed by atoms with Crippen LogP contribution in [0, 0.1) is 11.6 Å². The van der Waals surface area contributed by atoms with Crippen LogP contribution >= 0.6 is 0 Å². The Balaban J connectivity index is 2.17. The van der Waals surface area contributed by atoms with E-state index in [1.54, 1.807) is 0 Å². The van der Waals surface area contributed by atoms with Crippen molar-refractivity contribution in [2.24, 2.45) is 10.7 Å². The first-order valence-electron chi connectivity index (χ1n) is 5.92. The van der Waals surface area contributed by atoms with E-state index >= 15 is 0 Å². The van der Waals surface area contributed by atoms with Gasteiger partial charge in [0.25, 0.3) is 0 Å². The van der Waals surface area contributed by atoms with E-state index in [-0.39, 0.29) is 11.6 Å². The quantitative estimate of drug-likeness (QED) is 0.845. The Morgan fingerprint density at radius 3 is 2.65 bits per heavy atom. The predicted molar refractivity (Wildman–Crippen MR) is 63.9 cm³/mol. The zero-order chi connectivity index (χ0) is 12.3. The molecular weight excluding hydrogens is 222 g/mol. The molecular formula is C13H16F2N2. The average molecular weight is 238 g/mol. The molecule has 0 saturated heterocycles. The number of rotatable bonds is 2. The third kappa shape index (κ3) is 3.02. The van der Waals surface area contributed by atoms with E-state index in [9.17, 15) is 8.78 Å². The maximum atomic E-state index is 13.5. The van der Waals surface area contributed by atoms with Gasteiger partial charge in [-0.3, -0.25) is 4.99 Å². The van der Waals surface area contributed by atoms with Crippen molar-refractivity contribution in [3.63, 3.8) is 0 Å². The summed E-state index contributed by atoms with van der Waals surface area (Å²) < 4.78 is 27.0. The number of hydrogen-bond acceptors (Lipinski definition) is 2. The molecule has 1 aromatic carbocycles. The lowest BCUT2D eigenvalue weighted by Gasteiger charge is -2.12. The van der Waals surface area contributed by atoms with Gasteiger partial charge in [-0.25, -0.2) is 8.78 Å². The van der Waals surface area contributed by atoms with Gasteiger partial charge >= 0.3 is 0 Å². The van der Waals surface area contributed by atoms with Gasteiger partial charge < -0.3 is 5.73 Å². The van der Waals surface area contributed by atoms with Crippen molar-refractivity contribution in [1.29, 1.82) is 0 Å².